The van der Waals surface area contributed by atoms with Gasteiger partial charge in [-0.25, -0.2) is 4.39 Å². The van der Waals surface area contributed by atoms with Crippen LogP contribution in [0.4, 0.5) is 10.2 Å². The van der Waals surface area contributed by atoms with Crippen molar-refractivity contribution in [2.24, 2.45) is 0 Å². The van der Waals surface area contributed by atoms with Crippen LogP contribution in [0.5, 0.6) is 5.75 Å². The topological polar surface area (TPSA) is 132 Å². The number of carboxylic acids is 1. The second-order valence-corrected chi connectivity index (χ2v) is 7.77. The molecule has 0 unspecified atom stereocenters. The number of carbonyl (C=O) groups is 1. The van der Waals surface area contributed by atoms with Crippen LogP contribution in [0.3, 0.4) is 0 Å². The maximum atomic E-state index is 13.9. The standard InChI is InChI=1S/C22H20FN7O4/c23-15-3-4-17(14-2-1-7-24-12-14)18(10-15)33-16-5-8-29(9-6-16)20-11-19(34-27-20)22-25-28-30(26-22)13-21(31)32/h1-4,7,10-12,16H,5-6,8-9,13H2,(H,31,32). The molecule has 4 aromatic rings. The molecule has 1 fully saturated rings. The van der Waals surface area contributed by atoms with Crippen LogP contribution in [0.2, 0.25) is 0 Å². The van der Waals surface area contributed by atoms with Crippen LogP contribution >= 0.6 is 0 Å². The Morgan fingerprint density at radius 1 is 1.24 bits per heavy atom. The van der Waals surface area contributed by atoms with Crippen LogP contribution < -0.4 is 9.64 Å². The maximum absolute atomic E-state index is 13.9. The van der Waals surface area contributed by atoms with Gasteiger partial charge < -0.3 is 19.3 Å². The fourth-order valence-electron chi connectivity index (χ4n) is 3.79. The van der Waals surface area contributed by atoms with Gasteiger partial charge in [0.15, 0.2) is 12.4 Å². The molecule has 12 heteroatoms. The van der Waals surface area contributed by atoms with Gasteiger partial charge in [-0.15, -0.1) is 10.2 Å². The molecule has 0 bridgehead atoms. The molecule has 0 spiro atoms. The molecule has 1 aromatic carbocycles. The first-order chi connectivity index (χ1) is 16.5. The molecule has 0 atom stereocenters. The predicted molar refractivity (Wildman–Crippen MR) is 116 cm³/mol. The molecule has 3 aromatic heterocycles. The summed E-state index contributed by atoms with van der Waals surface area (Å²) >= 11 is 0. The van der Waals surface area contributed by atoms with Crippen molar-refractivity contribution in [3.8, 4) is 28.5 Å². The SMILES string of the molecule is O=C(O)Cn1nnc(-c2cc(N3CCC(Oc4cc(F)ccc4-c4cccnc4)CC3)no2)n1. The van der Waals surface area contributed by atoms with Gasteiger partial charge in [-0.2, -0.15) is 4.80 Å². The van der Waals surface area contributed by atoms with E-state index in [-0.39, 0.29) is 17.7 Å². The molecule has 1 N–H and O–H groups in total. The number of tetrazole rings is 1. The number of nitrogens with zero attached hydrogens (tertiary/aromatic N) is 7. The number of hydrogen-bond acceptors (Lipinski definition) is 9. The second-order valence-electron chi connectivity index (χ2n) is 7.77. The fraction of sp³-hybridized carbons (Fsp3) is 0.273. The van der Waals surface area contributed by atoms with E-state index in [2.05, 4.69) is 25.6 Å². The summed E-state index contributed by atoms with van der Waals surface area (Å²) in [7, 11) is 0. The number of benzene rings is 1. The molecular formula is C22H20FN7O4. The number of aliphatic carboxylic acids is 1. The first-order valence-corrected chi connectivity index (χ1v) is 10.6. The summed E-state index contributed by atoms with van der Waals surface area (Å²) in [4.78, 5) is 17.9. The molecule has 0 amide bonds. The summed E-state index contributed by atoms with van der Waals surface area (Å²) < 4.78 is 25.5. The van der Waals surface area contributed by atoms with Gasteiger partial charge in [-0.3, -0.25) is 9.78 Å². The number of hydrogen-bond donors (Lipinski definition) is 1. The van der Waals surface area contributed by atoms with Crippen molar-refractivity contribution in [3.05, 3.63) is 54.6 Å². The molecule has 1 saturated heterocycles. The predicted octanol–water partition coefficient (Wildman–Crippen LogP) is 2.66. The lowest BCUT2D eigenvalue weighted by atomic mass is 10.0. The fourth-order valence-corrected chi connectivity index (χ4v) is 3.79. The van der Waals surface area contributed by atoms with Gasteiger partial charge in [-0.05, 0) is 23.4 Å². The van der Waals surface area contributed by atoms with E-state index in [1.54, 1.807) is 24.5 Å². The van der Waals surface area contributed by atoms with Gasteiger partial charge >= 0.3 is 5.97 Å². The molecule has 34 heavy (non-hydrogen) atoms. The highest BCUT2D eigenvalue weighted by atomic mass is 19.1. The van der Waals surface area contributed by atoms with Gasteiger partial charge in [0.05, 0.1) is 0 Å². The summed E-state index contributed by atoms with van der Waals surface area (Å²) in [6, 6.07) is 9.95. The van der Waals surface area contributed by atoms with Crippen molar-refractivity contribution < 1.29 is 23.6 Å². The van der Waals surface area contributed by atoms with Gasteiger partial charge in [-0.1, -0.05) is 11.2 Å². The summed E-state index contributed by atoms with van der Waals surface area (Å²) in [5.41, 5.74) is 1.65. The van der Waals surface area contributed by atoms with Crippen molar-refractivity contribution in [1.82, 2.24) is 30.3 Å². The molecule has 11 nitrogen and oxygen atoms in total. The highest BCUT2D eigenvalue weighted by Crippen LogP contribution is 2.33. The van der Waals surface area contributed by atoms with Crippen molar-refractivity contribution in [2.45, 2.75) is 25.5 Å². The number of anilines is 1. The first-order valence-electron chi connectivity index (χ1n) is 10.6. The summed E-state index contributed by atoms with van der Waals surface area (Å²) in [5, 5.41) is 24.4. The van der Waals surface area contributed by atoms with E-state index in [9.17, 15) is 9.18 Å². The molecule has 174 valence electrons. The van der Waals surface area contributed by atoms with Crippen molar-refractivity contribution in [3.63, 3.8) is 0 Å². The molecule has 1 aliphatic heterocycles. The lowest BCUT2D eigenvalue weighted by Crippen LogP contribution is -2.38. The molecule has 5 rings (SSSR count). The van der Waals surface area contributed by atoms with Crippen LogP contribution in [-0.4, -0.2) is 60.6 Å². The first kappa shape index (κ1) is 21.5. The largest absolute Gasteiger partial charge is 0.490 e. The smallest absolute Gasteiger partial charge is 0.327 e. The molecule has 1 aliphatic rings. The van der Waals surface area contributed by atoms with E-state index in [0.717, 1.165) is 15.9 Å². The lowest BCUT2D eigenvalue weighted by Gasteiger charge is -2.32. The van der Waals surface area contributed by atoms with E-state index in [1.807, 2.05) is 17.0 Å². The molecule has 0 radical (unpaired) electrons. The molecule has 0 aliphatic carbocycles. The minimum absolute atomic E-state index is 0.0857. The van der Waals surface area contributed by atoms with Crippen molar-refractivity contribution >= 4 is 11.8 Å². The van der Waals surface area contributed by atoms with Crippen molar-refractivity contribution in [2.75, 3.05) is 18.0 Å². The van der Waals surface area contributed by atoms with Gasteiger partial charge in [0.1, 0.15) is 17.7 Å². The summed E-state index contributed by atoms with van der Waals surface area (Å²) in [5.74, 6) is 0.135. The van der Waals surface area contributed by atoms with Gasteiger partial charge in [0.25, 0.3) is 0 Å². The normalized spacial score (nSPS) is 14.3. The second kappa shape index (κ2) is 9.25. The van der Waals surface area contributed by atoms with Crippen LogP contribution in [0.15, 0.2) is 53.3 Å². The summed E-state index contributed by atoms with van der Waals surface area (Å²) in [6.45, 7) is 0.927. The third-order valence-electron chi connectivity index (χ3n) is 5.42. The monoisotopic (exact) mass is 465 g/mol. The zero-order valence-electron chi connectivity index (χ0n) is 17.9. The summed E-state index contributed by atoms with van der Waals surface area (Å²) in [6.07, 6.45) is 4.74. The number of carboxylic acid groups (broad SMARTS) is 1. The Labute approximate surface area is 192 Å². The van der Waals surface area contributed by atoms with Crippen LogP contribution in [0.1, 0.15) is 12.8 Å². The van der Waals surface area contributed by atoms with E-state index in [0.29, 0.717) is 43.3 Å². The quantitative estimate of drug-likeness (QED) is 0.434. The minimum Gasteiger partial charge on any atom is -0.490 e. The zero-order chi connectivity index (χ0) is 23.5. The number of halogens is 1. The third kappa shape index (κ3) is 4.70. The zero-order valence-corrected chi connectivity index (χ0v) is 17.9. The average molecular weight is 465 g/mol. The Kier molecular flexibility index (Phi) is 5.85. The van der Waals surface area contributed by atoms with Crippen LogP contribution in [0, 0.1) is 5.82 Å². The highest BCUT2D eigenvalue weighted by molar-refractivity contribution is 5.69. The van der Waals surface area contributed by atoms with Gasteiger partial charge in [0.2, 0.25) is 11.6 Å². The number of aromatic nitrogens is 6. The van der Waals surface area contributed by atoms with E-state index in [4.69, 9.17) is 14.4 Å². The van der Waals surface area contributed by atoms with E-state index >= 15 is 0 Å². The average Bonchev–Trinajstić information content (AvgIpc) is 3.50. The lowest BCUT2D eigenvalue weighted by molar-refractivity contribution is -0.138. The Hall–Kier alpha value is -4.35. The van der Waals surface area contributed by atoms with E-state index in [1.165, 1.54) is 12.1 Å². The Bertz CT molecular complexity index is 1290. The van der Waals surface area contributed by atoms with Crippen LogP contribution in [0.25, 0.3) is 22.7 Å². The van der Waals surface area contributed by atoms with Crippen molar-refractivity contribution in [1.29, 1.82) is 0 Å². The van der Waals surface area contributed by atoms with Gasteiger partial charge in [0, 0.05) is 61.6 Å². The number of ether oxygens (including phenoxy) is 1. The Morgan fingerprint density at radius 2 is 2.09 bits per heavy atom. The molecule has 0 saturated carbocycles. The minimum atomic E-state index is -1.07. The Morgan fingerprint density at radius 3 is 2.85 bits per heavy atom. The van der Waals surface area contributed by atoms with Crippen LogP contribution in [-0.2, 0) is 11.3 Å². The highest BCUT2D eigenvalue weighted by Gasteiger charge is 2.25. The molecular weight excluding hydrogens is 445 g/mol. The Balaban J connectivity index is 1.23. The number of piperidine rings is 1. The number of pyridine rings is 1. The van der Waals surface area contributed by atoms with E-state index < -0.39 is 12.5 Å². The maximum Gasteiger partial charge on any atom is 0.327 e. The number of rotatable bonds is 7. The third-order valence-corrected chi connectivity index (χ3v) is 5.42. The molecule has 4 heterocycles.